The van der Waals surface area contributed by atoms with Gasteiger partial charge in [0.05, 0.1) is 12.2 Å². The van der Waals surface area contributed by atoms with Crippen molar-refractivity contribution in [3.8, 4) is 0 Å². The van der Waals surface area contributed by atoms with Gasteiger partial charge in [0.1, 0.15) is 5.71 Å². The molecule has 14 heavy (non-hydrogen) atoms. The summed E-state index contributed by atoms with van der Waals surface area (Å²) in [5.41, 5.74) is -2.45. The molecule has 6 heteroatoms. The number of halogens is 3. The number of esters is 1. The SMILES string of the molecule is C/C=C(\C(=N)C(F)(F)F)C(=O)OCC. The van der Waals surface area contributed by atoms with E-state index in [4.69, 9.17) is 5.41 Å². The molecule has 3 nitrogen and oxygen atoms in total. The predicted octanol–water partition coefficient (Wildman–Crippen LogP) is 2.08. The van der Waals surface area contributed by atoms with Crippen molar-refractivity contribution in [2.45, 2.75) is 20.0 Å². The van der Waals surface area contributed by atoms with Crippen molar-refractivity contribution in [2.24, 2.45) is 0 Å². The first-order chi connectivity index (χ1) is 6.34. The molecule has 0 saturated heterocycles. The summed E-state index contributed by atoms with van der Waals surface area (Å²) in [6.45, 7) is 2.69. The van der Waals surface area contributed by atoms with Crippen LogP contribution >= 0.6 is 0 Å². The first-order valence-electron chi connectivity index (χ1n) is 3.84. The first-order valence-corrected chi connectivity index (χ1v) is 3.84. The lowest BCUT2D eigenvalue weighted by molar-refractivity contribution is -0.138. The van der Waals surface area contributed by atoms with Crippen LogP contribution in [0, 0.1) is 5.41 Å². The monoisotopic (exact) mass is 209 g/mol. The lowest BCUT2D eigenvalue weighted by Crippen LogP contribution is -2.28. The van der Waals surface area contributed by atoms with Crippen LogP contribution < -0.4 is 0 Å². The van der Waals surface area contributed by atoms with Crippen LogP contribution in [0.4, 0.5) is 13.2 Å². The molecule has 0 aliphatic carbocycles. The summed E-state index contributed by atoms with van der Waals surface area (Å²) in [4.78, 5) is 10.9. The van der Waals surface area contributed by atoms with E-state index in [1.807, 2.05) is 0 Å². The maximum Gasteiger partial charge on any atom is 0.433 e. The molecule has 0 heterocycles. The van der Waals surface area contributed by atoms with Crippen LogP contribution in [0.15, 0.2) is 11.6 Å². The molecule has 1 N–H and O–H groups in total. The van der Waals surface area contributed by atoms with E-state index in [1.54, 1.807) is 0 Å². The van der Waals surface area contributed by atoms with Crippen LogP contribution in [0.3, 0.4) is 0 Å². The van der Waals surface area contributed by atoms with Crippen molar-refractivity contribution in [3.63, 3.8) is 0 Å². The van der Waals surface area contributed by atoms with E-state index in [0.717, 1.165) is 6.08 Å². The number of hydrogen-bond acceptors (Lipinski definition) is 3. The Hall–Kier alpha value is -1.33. The minimum Gasteiger partial charge on any atom is -0.462 e. The third-order valence-electron chi connectivity index (χ3n) is 1.34. The zero-order chi connectivity index (χ0) is 11.4. The highest BCUT2D eigenvalue weighted by molar-refractivity contribution is 6.20. The molecule has 0 bridgehead atoms. The van der Waals surface area contributed by atoms with Crippen molar-refractivity contribution in [1.29, 1.82) is 5.41 Å². The van der Waals surface area contributed by atoms with Crippen LogP contribution in [0.5, 0.6) is 0 Å². The quantitative estimate of drug-likeness (QED) is 0.439. The molecule has 0 fully saturated rings. The van der Waals surface area contributed by atoms with E-state index in [1.165, 1.54) is 13.8 Å². The van der Waals surface area contributed by atoms with Gasteiger partial charge in [0.15, 0.2) is 0 Å². The number of nitrogens with one attached hydrogen (secondary N) is 1. The summed E-state index contributed by atoms with van der Waals surface area (Å²) in [6.07, 6.45) is -3.91. The number of ether oxygens (including phenoxy) is 1. The molecule has 0 rings (SSSR count). The molecule has 0 unspecified atom stereocenters. The normalized spacial score (nSPS) is 12.5. The Labute approximate surface area is 79.1 Å². The zero-order valence-corrected chi connectivity index (χ0v) is 7.73. The molecule has 0 aromatic heterocycles. The van der Waals surface area contributed by atoms with Crippen LogP contribution in [0.25, 0.3) is 0 Å². The van der Waals surface area contributed by atoms with Gasteiger partial charge in [-0.15, -0.1) is 0 Å². The van der Waals surface area contributed by atoms with Gasteiger partial charge in [0, 0.05) is 0 Å². The third-order valence-corrected chi connectivity index (χ3v) is 1.34. The maximum atomic E-state index is 12.0. The van der Waals surface area contributed by atoms with E-state index >= 15 is 0 Å². The van der Waals surface area contributed by atoms with Crippen molar-refractivity contribution in [3.05, 3.63) is 11.6 Å². The fourth-order valence-electron chi connectivity index (χ4n) is 0.726. The van der Waals surface area contributed by atoms with Gasteiger partial charge in [-0.05, 0) is 13.8 Å². The standard InChI is InChI=1S/C8H10F3NO2/c1-3-5(7(13)14-4-2)6(12)8(9,10)11/h3,12H,4H2,1-2H3/b5-3+,12-6?. The minimum atomic E-state index is -4.82. The molecule has 80 valence electrons. The van der Waals surface area contributed by atoms with Crippen LogP contribution in [-0.4, -0.2) is 24.5 Å². The molecular weight excluding hydrogens is 199 g/mol. The highest BCUT2D eigenvalue weighted by Crippen LogP contribution is 2.21. The van der Waals surface area contributed by atoms with Crippen LogP contribution in [0.2, 0.25) is 0 Å². The second-order valence-corrected chi connectivity index (χ2v) is 2.30. The number of hydrogen-bond donors (Lipinski definition) is 1. The van der Waals surface area contributed by atoms with Gasteiger partial charge in [-0.3, -0.25) is 5.41 Å². The Morgan fingerprint density at radius 2 is 2.00 bits per heavy atom. The van der Waals surface area contributed by atoms with Crippen molar-refractivity contribution >= 4 is 11.7 Å². The van der Waals surface area contributed by atoms with Gasteiger partial charge < -0.3 is 4.74 Å². The second-order valence-electron chi connectivity index (χ2n) is 2.30. The topological polar surface area (TPSA) is 50.2 Å². The van der Waals surface area contributed by atoms with Crippen LogP contribution in [0.1, 0.15) is 13.8 Å². The zero-order valence-electron chi connectivity index (χ0n) is 7.73. The van der Waals surface area contributed by atoms with Gasteiger partial charge >= 0.3 is 12.1 Å². The fraction of sp³-hybridized carbons (Fsp3) is 0.500. The molecule has 0 atom stereocenters. The summed E-state index contributed by atoms with van der Waals surface area (Å²) in [5, 5.41) is 6.71. The Balaban J connectivity index is 4.77. The van der Waals surface area contributed by atoms with Gasteiger partial charge in [0.2, 0.25) is 0 Å². The number of allylic oxidation sites excluding steroid dienone is 1. The summed E-state index contributed by atoms with van der Waals surface area (Å²) >= 11 is 0. The molecule has 0 aromatic rings. The maximum absolute atomic E-state index is 12.0. The van der Waals surface area contributed by atoms with E-state index < -0.39 is 23.4 Å². The predicted molar refractivity (Wildman–Crippen MR) is 44.2 cm³/mol. The van der Waals surface area contributed by atoms with E-state index in [0.29, 0.717) is 0 Å². The Morgan fingerprint density at radius 1 is 1.50 bits per heavy atom. The van der Waals surface area contributed by atoms with Crippen molar-refractivity contribution in [1.82, 2.24) is 0 Å². The number of alkyl halides is 3. The number of carbonyl (C=O) groups excluding carboxylic acids is 1. The lowest BCUT2D eigenvalue weighted by atomic mass is 10.1. The number of rotatable bonds is 3. The minimum absolute atomic E-state index is 0.0265. The van der Waals surface area contributed by atoms with Gasteiger partial charge in [-0.25, -0.2) is 4.79 Å². The summed E-state index contributed by atoms with van der Waals surface area (Å²) < 4.78 is 40.4. The Morgan fingerprint density at radius 3 is 2.29 bits per heavy atom. The van der Waals surface area contributed by atoms with E-state index in [9.17, 15) is 18.0 Å². The average Bonchev–Trinajstić information content (AvgIpc) is 2.04. The van der Waals surface area contributed by atoms with E-state index in [-0.39, 0.29) is 6.61 Å². The molecule has 0 aliphatic heterocycles. The number of carbonyl (C=O) groups is 1. The molecule has 0 aromatic carbocycles. The summed E-state index contributed by atoms with van der Waals surface area (Å²) in [7, 11) is 0. The van der Waals surface area contributed by atoms with Crippen LogP contribution in [-0.2, 0) is 9.53 Å². The van der Waals surface area contributed by atoms with E-state index in [2.05, 4.69) is 4.74 Å². The van der Waals surface area contributed by atoms with Crippen molar-refractivity contribution < 1.29 is 22.7 Å². The second kappa shape index (κ2) is 4.78. The van der Waals surface area contributed by atoms with Gasteiger partial charge in [-0.1, -0.05) is 6.08 Å². The molecule has 0 spiro atoms. The molecule has 0 saturated carbocycles. The largest absolute Gasteiger partial charge is 0.462 e. The first kappa shape index (κ1) is 12.7. The summed E-state index contributed by atoms with van der Waals surface area (Å²) in [5.74, 6) is -1.13. The van der Waals surface area contributed by atoms with Gasteiger partial charge in [0.25, 0.3) is 0 Å². The highest BCUT2D eigenvalue weighted by Gasteiger charge is 2.39. The molecule has 0 radical (unpaired) electrons. The summed E-state index contributed by atoms with van der Waals surface area (Å²) in [6, 6.07) is 0. The molecular formula is C8H10F3NO2. The average molecular weight is 209 g/mol. The fourth-order valence-corrected chi connectivity index (χ4v) is 0.726. The van der Waals surface area contributed by atoms with Crippen molar-refractivity contribution in [2.75, 3.05) is 6.61 Å². The third kappa shape index (κ3) is 3.20. The Kier molecular flexibility index (Phi) is 4.33. The molecule has 0 aliphatic rings. The molecule has 0 amide bonds. The highest BCUT2D eigenvalue weighted by atomic mass is 19.4. The Bertz CT molecular complexity index is 268. The smallest absolute Gasteiger partial charge is 0.433 e. The lowest BCUT2D eigenvalue weighted by Gasteiger charge is -2.10. The van der Waals surface area contributed by atoms with Gasteiger partial charge in [-0.2, -0.15) is 13.2 Å².